The highest BCUT2D eigenvalue weighted by molar-refractivity contribution is 7.99. The molecule has 0 saturated carbocycles. The minimum absolute atomic E-state index is 0.118. The van der Waals surface area contributed by atoms with Crippen LogP contribution in [0.4, 0.5) is 10.1 Å². The van der Waals surface area contributed by atoms with Crippen molar-refractivity contribution in [3.05, 3.63) is 83.9 Å². The Hall–Kier alpha value is -3.52. The fourth-order valence-corrected chi connectivity index (χ4v) is 4.60. The summed E-state index contributed by atoms with van der Waals surface area (Å²) >= 11 is 1.28. The second kappa shape index (κ2) is 8.92. The van der Waals surface area contributed by atoms with Gasteiger partial charge in [0.05, 0.1) is 5.75 Å². The molecule has 8 heteroatoms. The number of thioether (sulfide) groups is 1. The summed E-state index contributed by atoms with van der Waals surface area (Å²) in [5.74, 6) is 0.329. The first-order chi connectivity index (χ1) is 15.7. The summed E-state index contributed by atoms with van der Waals surface area (Å²) in [7, 11) is 0. The Balaban J connectivity index is 1.37. The number of aromatic nitrogens is 4. The summed E-state index contributed by atoms with van der Waals surface area (Å²) in [5, 5.41) is 12.1. The molecule has 0 atom stereocenters. The number of pyridine rings is 1. The standard InChI is InChI=1S/C24H20FN5OS/c25-19-5-8-21(9-6-19)30-23(17-10-12-26-13-11-17)28-29-24(30)32-15-22(31)27-20-7-4-16-2-1-3-18(16)14-20/h4-14H,1-3,15H2,(H,27,31). The molecule has 4 aromatic rings. The Kier molecular flexibility index (Phi) is 5.68. The molecule has 2 heterocycles. The van der Waals surface area contributed by atoms with Crippen LogP contribution >= 0.6 is 11.8 Å². The monoisotopic (exact) mass is 445 g/mol. The summed E-state index contributed by atoms with van der Waals surface area (Å²) in [6.07, 6.45) is 6.69. The molecule has 1 aliphatic carbocycles. The van der Waals surface area contributed by atoms with E-state index in [0.717, 1.165) is 24.1 Å². The molecular weight excluding hydrogens is 425 g/mol. The molecule has 0 saturated heterocycles. The van der Waals surface area contributed by atoms with E-state index in [9.17, 15) is 9.18 Å². The Bertz CT molecular complexity index is 1260. The molecule has 32 heavy (non-hydrogen) atoms. The van der Waals surface area contributed by atoms with Crippen molar-refractivity contribution in [2.45, 2.75) is 24.4 Å². The van der Waals surface area contributed by atoms with Crippen LogP contribution in [0.5, 0.6) is 0 Å². The quantitative estimate of drug-likeness (QED) is 0.436. The number of fused-ring (bicyclic) bond motifs is 1. The Morgan fingerprint density at radius 3 is 2.59 bits per heavy atom. The molecule has 0 radical (unpaired) electrons. The lowest BCUT2D eigenvalue weighted by atomic mass is 10.1. The van der Waals surface area contributed by atoms with Crippen molar-refractivity contribution in [1.82, 2.24) is 19.7 Å². The maximum atomic E-state index is 13.5. The molecule has 0 bridgehead atoms. The van der Waals surface area contributed by atoms with E-state index in [4.69, 9.17) is 0 Å². The number of rotatable bonds is 6. The molecule has 1 amide bonds. The fraction of sp³-hybridized carbons (Fsp3) is 0.167. The second-order valence-corrected chi connectivity index (χ2v) is 8.47. The molecule has 1 N–H and O–H groups in total. The topological polar surface area (TPSA) is 72.7 Å². The first-order valence-electron chi connectivity index (χ1n) is 10.3. The molecule has 2 aromatic heterocycles. The number of anilines is 1. The second-order valence-electron chi connectivity index (χ2n) is 7.53. The highest BCUT2D eigenvalue weighted by atomic mass is 32.2. The zero-order valence-electron chi connectivity index (χ0n) is 17.2. The number of carbonyl (C=O) groups is 1. The van der Waals surface area contributed by atoms with Gasteiger partial charge < -0.3 is 5.32 Å². The lowest BCUT2D eigenvalue weighted by Gasteiger charge is -2.11. The van der Waals surface area contributed by atoms with Gasteiger partial charge in [-0.05, 0) is 78.9 Å². The van der Waals surface area contributed by atoms with Crippen molar-refractivity contribution >= 4 is 23.4 Å². The average molecular weight is 446 g/mol. The number of benzene rings is 2. The maximum Gasteiger partial charge on any atom is 0.234 e. The third-order valence-electron chi connectivity index (χ3n) is 5.37. The summed E-state index contributed by atoms with van der Waals surface area (Å²) in [6, 6.07) is 15.9. The van der Waals surface area contributed by atoms with Gasteiger partial charge in [-0.2, -0.15) is 0 Å². The third-order valence-corrected chi connectivity index (χ3v) is 6.30. The molecule has 5 rings (SSSR count). The number of halogens is 1. The lowest BCUT2D eigenvalue weighted by Crippen LogP contribution is -2.14. The van der Waals surface area contributed by atoms with Gasteiger partial charge in [-0.25, -0.2) is 4.39 Å². The first-order valence-corrected chi connectivity index (χ1v) is 11.3. The number of amides is 1. The van der Waals surface area contributed by atoms with Gasteiger partial charge in [0, 0.05) is 29.3 Å². The van der Waals surface area contributed by atoms with Gasteiger partial charge in [-0.15, -0.1) is 10.2 Å². The van der Waals surface area contributed by atoms with Crippen LogP contribution in [0.1, 0.15) is 17.5 Å². The van der Waals surface area contributed by atoms with E-state index in [-0.39, 0.29) is 17.5 Å². The lowest BCUT2D eigenvalue weighted by molar-refractivity contribution is -0.113. The van der Waals surface area contributed by atoms with Crippen molar-refractivity contribution in [2.24, 2.45) is 0 Å². The fourth-order valence-electron chi connectivity index (χ4n) is 3.85. The highest BCUT2D eigenvalue weighted by Crippen LogP contribution is 2.28. The van der Waals surface area contributed by atoms with E-state index < -0.39 is 0 Å². The zero-order valence-corrected chi connectivity index (χ0v) is 18.0. The zero-order chi connectivity index (χ0) is 21.9. The van der Waals surface area contributed by atoms with E-state index in [0.29, 0.717) is 16.7 Å². The van der Waals surface area contributed by atoms with E-state index in [1.54, 1.807) is 24.5 Å². The van der Waals surface area contributed by atoms with Gasteiger partial charge in [0.1, 0.15) is 5.82 Å². The molecule has 6 nitrogen and oxygen atoms in total. The maximum absolute atomic E-state index is 13.5. The van der Waals surface area contributed by atoms with Gasteiger partial charge in [0.2, 0.25) is 5.91 Å². The van der Waals surface area contributed by atoms with E-state index >= 15 is 0 Å². The van der Waals surface area contributed by atoms with Gasteiger partial charge in [0.15, 0.2) is 11.0 Å². The van der Waals surface area contributed by atoms with E-state index in [1.807, 2.05) is 22.8 Å². The molecular formula is C24H20FN5OS. The number of nitrogens with one attached hydrogen (secondary N) is 1. The summed E-state index contributed by atoms with van der Waals surface area (Å²) in [4.78, 5) is 16.7. The van der Waals surface area contributed by atoms with Crippen molar-refractivity contribution in [3.8, 4) is 17.1 Å². The molecule has 160 valence electrons. The largest absolute Gasteiger partial charge is 0.325 e. The van der Waals surface area contributed by atoms with E-state index in [1.165, 1.54) is 41.4 Å². The van der Waals surface area contributed by atoms with Crippen LogP contribution in [0.2, 0.25) is 0 Å². The number of hydrogen-bond donors (Lipinski definition) is 1. The third kappa shape index (κ3) is 4.27. The van der Waals surface area contributed by atoms with Crippen LogP contribution in [-0.2, 0) is 17.6 Å². The Morgan fingerprint density at radius 2 is 1.78 bits per heavy atom. The minimum Gasteiger partial charge on any atom is -0.325 e. The number of carbonyl (C=O) groups excluding carboxylic acids is 1. The molecule has 2 aromatic carbocycles. The average Bonchev–Trinajstić information content (AvgIpc) is 3.45. The number of aryl methyl sites for hydroxylation is 2. The van der Waals surface area contributed by atoms with Crippen molar-refractivity contribution in [1.29, 1.82) is 0 Å². The Labute approximate surface area is 188 Å². The molecule has 0 spiro atoms. The van der Waals surface area contributed by atoms with Crippen LogP contribution < -0.4 is 5.32 Å². The smallest absolute Gasteiger partial charge is 0.234 e. The SMILES string of the molecule is O=C(CSc1nnc(-c2ccncc2)n1-c1ccc(F)cc1)Nc1ccc2c(c1)CCC2. The molecule has 0 aliphatic heterocycles. The van der Waals surface area contributed by atoms with Gasteiger partial charge in [-0.1, -0.05) is 17.8 Å². The van der Waals surface area contributed by atoms with Crippen LogP contribution in [0, 0.1) is 5.82 Å². The van der Waals surface area contributed by atoms with Crippen molar-refractivity contribution < 1.29 is 9.18 Å². The summed E-state index contributed by atoms with van der Waals surface area (Å²) in [6.45, 7) is 0. The van der Waals surface area contributed by atoms with Crippen molar-refractivity contribution in [3.63, 3.8) is 0 Å². The van der Waals surface area contributed by atoms with Crippen LogP contribution in [0.15, 0.2) is 72.1 Å². The summed E-state index contributed by atoms with van der Waals surface area (Å²) < 4.78 is 15.3. The van der Waals surface area contributed by atoms with Gasteiger partial charge in [-0.3, -0.25) is 14.3 Å². The molecule has 1 aliphatic rings. The molecule has 0 unspecified atom stereocenters. The molecule has 0 fully saturated rings. The predicted molar refractivity (Wildman–Crippen MR) is 122 cm³/mol. The van der Waals surface area contributed by atoms with Crippen LogP contribution in [0.3, 0.4) is 0 Å². The van der Waals surface area contributed by atoms with Crippen LogP contribution in [-0.4, -0.2) is 31.4 Å². The van der Waals surface area contributed by atoms with E-state index in [2.05, 4.69) is 32.6 Å². The number of hydrogen-bond acceptors (Lipinski definition) is 5. The number of nitrogens with zero attached hydrogens (tertiary/aromatic N) is 4. The Morgan fingerprint density at radius 1 is 1.00 bits per heavy atom. The van der Waals surface area contributed by atoms with Gasteiger partial charge >= 0.3 is 0 Å². The van der Waals surface area contributed by atoms with Gasteiger partial charge in [0.25, 0.3) is 0 Å². The first kappa shape index (κ1) is 20.4. The normalized spacial score (nSPS) is 12.5. The van der Waals surface area contributed by atoms with Crippen molar-refractivity contribution in [2.75, 3.05) is 11.1 Å². The predicted octanol–water partition coefficient (Wildman–Crippen LogP) is 4.69. The summed E-state index contributed by atoms with van der Waals surface area (Å²) in [5.41, 5.74) is 5.03. The minimum atomic E-state index is -0.324. The highest BCUT2D eigenvalue weighted by Gasteiger charge is 2.18. The van der Waals surface area contributed by atoms with Crippen LogP contribution in [0.25, 0.3) is 17.1 Å².